The summed E-state index contributed by atoms with van der Waals surface area (Å²) in [4.78, 5) is 4.34. The van der Waals surface area contributed by atoms with E-state index in [2.05, 4.69) is 18.8 Å². The van der Waals surface area contributed by atoms with Crippen LogP contribution in [0, 0.1) is 0 Å². The molecule has 0 unspecified atom stereocenters. The minimum Gasteiger partial charge on any atom is -0.372 e. The van der Waals surface area contributed by atoms with E-state index in [4.69, 9.17) is 4.74 Å². The van der Waals surface area contributed by atoms with Crippen LogP contribution in [0.3, 0.4) is 0 Å². The van der Waals surface area contributed by atoms with E-state index in [1.165, 1.54) is 0 Å². The average molecular weight is 179 g/mol. The van der Waals surface area contributed by atoms with Crippen molar-refractivity contribution in [1.29, 1.82) is 0 Å². The van der Waals surface area contributed by atoms with Gasteiger partial charge in [0, 0.05) is 13.3 Å². The second-order valence-electron chi connectivity index (χ2n) is 3.12. The highest BCUT2D eigenvalue weighted by Gasteiger charge is 2.28. The van der Waals surface area contributed by atoms with E-state index in [-0.39, 0.29) is 5.60 Å². The highest BCUT2D eigenvalue weighted by Crippen LogP contribution is 2.30. The van der Waals surface area contributed by atoms with E-state index in [0.717, 1.165) is 18.5 Å². The van der Waals surface area contributed by atoms with Crippen molar-refractivity contribution in [3.63, 3.8) is 0 Å². The Labute approximate surface area is 80.0 Å². The summed E-state index contributed by atoms with van der Waals surface area (Å²) in [5.41, 5.74) is 0.837. The zero-order valence-corrected chi connectivity index (χ0v) is 8.58. The molecule has 0 atom stereocenters. The zero-order valence-electron chi connectivity index (χ0n) is 8.58. The Bertz CT molecular complexity index is 233. The molecule has 72 valence electrons. The first-order chi connectivity index (χ1) is 6.29. The molecule has 0 aliphatic heterocycles. The second-order valence-corrected chi connectivity index (χ2v) is 3.12. The van der Waals surface area contributed by atoms with E-state index in [1.54, 1.807) is 7.11 Å². The molecular weight excluding hydrogens is 162 g/mol. The molecule has 13 heavy (non-hydrogen) atoms. The molecule has 0 radical (unpaired) electrons. The van der Waals surface area contributed by atoms with Crippen LogP contribution in [0.1, 0.15) is 32.4 Å². The highest BCUT2D eigenvalue weighted by atomic mass is 16.5. The lowest BCUT2D eigenvalue weighted by Gasteiger charge is -2.29. The molecule has 0 bridgehead atoms. The van der Waals surface area contributed by atoms with Crippen LogP contribution in [0.2, 0.25) is 0 Å². The van der Waals surface area contributed by atoms with Gasteiger partial charge < -0.3 is 4.74 Å². The summed E-state index contributed by atoms with van der Waals surface area (Å²) in [6.45, 7) is 4.25. The SMILES string of the molecule is CCC(CC)(OC)c1ccccn1. The first-order valence-corrected chi connectivity index (χ1v) is 4.75. The number of ether oxygens (including phenoxy) is 1. The molecule has 0 fully saturated rings. The van der Waals surface area contributed by atoms with Crippen LogP contribution in [-0.4, -0.2) is 12.1 Å². The van der Waals surface area contributed by atoms with Crippen LogP contribution in [-0.2, 0) is 10.3 Å². The molecule has 1 heterocycles. The second kappa shape index (κ2) is 4.38. The fourth-order valence-corrected chi connectivity index (χ4v) is 1.64. The number of pyridine rings is 1. The van der Waals surface area contributed by atoms with Crippen molar-refractivity contribution in [2.24, 2.45) is 0 Å². The van der Waals surface area contributed by atoms with Gasteiger partial charge in [0.1, 0.15) is 5.60 Å². The molecule has 0 aliphatic carbocycles. The maximum atomic E-state index is 5.56. The third-order valence-corrected chi connectivity index (χ3v) is 2.66. The predicted octanol–water partition coefficient (Wildman–Crippen LogP) is 2.74. The van der Waals surface area contributed by atoms with Gasteiger partial charge >= 0.3 is 0 Å². The van der Waals surface area contributed by atoms with E-state index >= 15 is 0 Å². The Hall–Kier alpha value is -0.890. The molecule has 2 heteroatoms. The first-order valence-electron chi connectivity index (χ1n) is 4.75. The van der Waals surface area contributed by atoms with Crippen molar-refractivity contribution in [1.82, 2.24) is 4.98 Å². The molecule has 0 spiro atoms. The quantitative estimate of drug-likeness (QED) is 0.709. The Morgan fingerprint density at radius 2 is 2.00 bits per heavy atom. The Morgan fingerprint density at radius 3 is 2.38 bits per heavy atom. The van der Waals surface area contributed by atoms with Crippen LogP contribution in [0.5, 0.6) is 0 Å². The molecule has 0 aromatic carbocycles. The van der Waals surface area contributed by atoms with Gasteiger partial charge in [-0.05, 0) is 25.0 Å². The van der Waals surface area contributed by atoms with Crippen molar-refractivity contribution in [3.8, 4) is 0 Å². The fourth-order valence-electron chi connectivity index (χ4n) is 1.64. The molecule has 0 saturated heterocycles. The highest BCUT2D eigenvalue weighted by molar-refractivity contribution is 5.12. The van der Waals surface area contributed by atoms with E-state index in [1.807, 2.05) is 24.4 Å². The van der Waals surface area contributed by atoms with Crippen LogP contribution < -0.4 is 0 Å². The maximum Gasteiger partial charge on any atom is 0.109 e. The Morgan fingerprint density at radius 1 is 1.31 bits per heavy atom. The molecular formula is C11H17NO. The number of nitrogens with zero attached hydrogens (tertiary/aromatic N) is 1. The van der Waals surface area contributed by atoms with Gasteiger partial charge in [-0.2, -0.15) is 0 Å². The van der Waals surface area contributed by atoms with E-state index < -0.39 is 0 Å². The van der Waals surface area contributed by atoms with Gasteiger partial charge in [0.15, 0.2) is 0 Å². The number of methoxy groups -OCH3 is 1. The van der Waals surface area contributed by atoms with Crippen LogP contribution in [0.15, 0.2) is 24.4 Å². The monoisotopic (exact) mass is 179 g/mol. The molecule has 0 aliphatic rings. The predicted molar refractivity (Wildman–Crippen MR) is 53.5 cm³/mol. The van der Waals surface area contributed by atoms with Gasteiger partial charge in [0.2, 0.25) is 0 Å². The number of aromatic nitrogens is 1. The number of rotatable bonds is 4. The lowest BCUT2D eigenvalue weighted by atomic mass is 9.92. The zero-order chi connectivity index (χ0) is 9.73. The van der Waals surface area contributed by atoms with Crippen LogP contribution >= 0.6 is 0 Å². The number of hydrogen-bond acceptors (Lipinski definition) is 2. The lowest BCUT2D eigenvalue weighted by molar-refractivity contribution is -0.0253. The largest absolute Gasteiger partial charge is 0.372 e. The smallest absolute Gasteiger partial charge is 0.109 e. The standard InChI is InChI=1S/C11H17NO/c1-4-11(5-2,13-3)10-8-6-7-9-12-10/h6-9H,4-5H2,1-3H3. The molecule has 1 aromatic heterocycles. The summed E-state index contributed by atoms with van der Waals surface area (Å²) in [5.74, 6) is 0. The van der Waals surface area contributed by atoms with Gasteiger partial charge in [-0.15, -0.1) is 0 Å². The third-order valence-electron chi connectivity index (χ3n) is 2.66. The molecule has 0 amide bonds. The maximum absolute atomic E-state index is 5.56. The molecule has 0 saturated carbocycles. The Kier molecular flexibility index (Phi) is 3.43. The van der Waals surface area contributed by atoms with Crippen molar-refractivity contribution < 1.29 is 4.74 Å². The minimum absolute atomic E-state index is 0.193. The summed E-state index contributed by atoms with van der Waals surface area (Å²) in [7, 11) is 1.75. The summed E-state index contributed by atoms with van der Waals surface area (Å²) >= 11 is 0. The third kappa shape index (κ3) is 1.89. The molecule has 0 N–H and O–H groups in total. The van der Waals surface area contributed by atoms with E-state index in [0.29, 0.717) is 0 Å². The Balaban J connectivity index is 3.01. The number of hydrogen-bond donors (Lipinski definition) is 0. The van der Waals surface area contributed by atoms with Gasteiger partial charge in [0.25, 0.3) is 0 Å². The van der Waals surface area contributed by atoms with Gasteiger partial charge in [-0.1, -0.05) is 19.9 Å². The van der Waals surface area contributed by atoms with Crippen molar-refractivity contribution >= 4 is 0 Å². The van der Waals surface area contributed by atoms with Gasteiger partial charge in [-0.25, -0.2) is 0 Å². The summed E-state index contributed by atoms with van der Waals surface area (Å²) in [6, 6.07) is 5.95. The van der Waals surface area contributed by atoms with Crippen molar-refractivity contribution in [3.05, 3.63) is 30.1 Å². The fraction of sp³-hybridized carbons (Fsp3) is 0.545. The normalized spacial score (nSPS) is 11.6. The first kappa shape index (κ1) is 10.2. The summed E-state index contributed by atoms with van der Waals surface area (Å²) in [5, 5.41) is 0. The molecule has 1 rings (SSSR count). The van der Waals surface area contributed by atoms with Crippen LogP contribution in [0.25, 0.3) is 0 Å². The summed E-state index contributed by atoms with van der Waals surface area (Å²) in [6.07, 6.45) is 3.72. The topological polar surface area (TPSA) is 22.1 Å². The van der Waals surface area contributed by atoms with Gasteiger partial charge in [0.05, 0.1) is 5.69 Å². The minimum atomic E-state index is -0.193. The van der Waals surface area contributed by atoms with Gasteiger partial charge in [-0.3, -0.25) is 4.98 Å². The van der Waals surface area contributed by atoms with E-state index in [9.17, 15) is 0 Å². The van der Waals surface area contributed by atoms with Crippen molar-refractivity contribution in [2.45, 2.75) is 32.3 Å². The van der Waals surface area contributed by atoms with Crippen molar-refractivity contribution in [2.75, 3.05) is 7.11 Å². The molecule has 2 nitrogen and oxygen atoms in total. The molecule has 1 aromatic rings. The average Bonchev–Trinajstić information content (AvgIpc) is 2.23. The lowest BCUT2D eigenvalue weighted by Crippen LogP contribution is -2.27. The summed E-state index contributed by atoms with van der Waals surface area (Å²) < 4.78 is 5.56. The van der Waals surface area contributed by atoms with Crippen LogP contribution in [0.4, 0.5) is 0 Å².